The van der Waals surface area contributed by atoms with Crippen LogP contribution in [-0.2, 0) is 20.6 Å². The van der Waals surface area contributed by atoms with Crippen molar-refractivity contribution < 1.29 is 19.0 Å². The molecule has 3 aromatic heterocycles. The lowest BCUT2D eigenvalue weighted by Gasteiger charge is -2.37. The van der Waals surface area contributed by atoms with Crippen molar-refractivity contribution in [3.05, 3.63) is 58.4 Å². The largest absolute Gasteiger partial charge is 0.444 e. The van der Waals surface area contributed by atoms with E-state index in [1.807, 2.05) is 57.7 Å². The van der Waals surface area contributed by atoms with E-state index >= 15 is 0 Å². The van der Waals surface area contributed by atoms with E-state index in [0.29, 0.717) is 30.5 Å². The number of ether oxygens (including phenoxy) is 3. The minimum atomic E-state index is -0.720. The number of hydrogen-bond donors (Lipinski definition) is 1. The molecule has 3 fully saturated rings. The van der Waals surface area contributed by atoms with Crippen molar-refractivity contribution in [3.63, 3.8) is 0 Å². The number of benzene rings is 1. The minimum absolute atomic E-state index is 0.0639. The van der Waals surface area contributed by atoms with Crippen LogP contribution in [0.25, 0.3) is 21.6 Å². The molecule has 2 aliphatic heterocycles. The molecule has 1 amide bonds. The molecule has 1 aromatic carbocycles. The summed E-state index contributed by atoms with van der Waals surface area (Å²) >= 11 is 8.00. The molecule has 12 heteroatoms. The molecule has 1 saturated carbocycles. The van der Waals surface area contributed by atoms with Crippen molar-refractivity contribution in [2.24, 2.45) is 11.8 Å². The number of halogens is 1. The second kappa shape index (κ2) is 11.8. The molecule has 2 saturated heterocycles. The first-order valence-electron chi connectivity index (χ1n) is 16.0. The van der Waals surface area contributed by atoms with E-state index in [-0.39, 0.29) is 35.5 Å². The average molecular weight is 665 g/mol. The zero-order valence-electron chi connectivity index (χ0n) is 26.9. The number of carbonyl (C=O) groups is 1. The summed E-state index contributed by atoms with van der Waals surface area (Å²) in [5.74, 6) is 0.221. The number of thiazole rings is 1. The Morgan fingerprint density at radius 2 is 1.83 bits per heavy atom. The van der Waals surface area contributed by atoms with Gasteiger partial charge in [0.25, 0.3) is 0 Å². The lowest BCUT2D eigenvalue weighted by molar-refractivity contribution is -0.163. The molecule has 1 aliphatic carbocycles. The van der Waals surface area contributed by atoms with Crippen molar-refractivity contribution in [1.82, 2.24) is 24.4 Å². The standard InChI is InChI=1S/C34H41ClN6O4S/c1-33(2,3)45-32(42)40-13-11-20(12-14-40)22-16-24(27-26(22)43-34(4,5)44-27)41-17-23(25-28(36)38-31(35)39-29(25)41)30-37-21(18-46-30)15-19-9-7-6-8-10-19/h6-10,17-18,20,22,24,26-27H,11-16H2,1-5H3,(H2,36,38,39)/t22-,24-,26-,27+/m1/s1. The van der Waals surface area contributed by atoms with Crippen LogP contribution in [0.5, 0.6) is 0 Å². The summed E-state index contributed by atoms with van der Waals surface area (Å²) in [6.45, 7) is 11.0. The number of carbonyl (C=O) groups excluding carboxylic acids is 1. The molecule has 46 heavy (non-hydrogen) atoms. The van der Waals surface area contributed by atoms with Crippen molar-refractivity contribution in [2.75, 3.05) is 18.8 Å². The Morgan fingerprint density at radius 3 is 2.54 bits per heavy atom. The Hall–Kier alpha value is -3.25. The number of amides is 1. The Kier molecular flexibility index (Phi) is 8.02. The van der Waals surface area contributed by atoms with Gasteiger partial charge in [0.15, 0.2) is 5.79 Å². The topological polar surface area (TPSA) is 118 Å². The summed E-state index contributed by atoms with van der Waals surface area (Å²) in [6, 6.07) is 10.3. The highest BCUT2D eigenvalue weighted by Crippen LogP contribution is 2.52. The molecular weight excluding hydrogens is 624 g/mol. The summed E-state index contributed by atoms with van der Waals surface area (Å²) in [6.07, 6.45) is 4.92. The maximum Gasteiger partial charge on any atom is 0.410 e. The first-order valence-corrected chi connectivity index (χ1v) is 17.3. The third-order valence-electron chi connectivity index (χ3n) is 9.32. The fourth-order valence-corrected chi connectivity index (χ4v) is 8.45. The highest BCUT2D eigenvalue weighted by Gasteiger charge is 2.56. The van der Waals surface area contributed by atoms with Gasteiger partial charge in [-0.1, -0.05) is 30.3 Å². The SMILES string of the molecule is CC(C)(C)OC(=O)N1CCC([C@H]2C[C@@H](n3cc(-c4nc(Cc5ccccc5)cs4)c4c(N)nc(Cl)nc43)[C@@H]3OC(C)(C)O[C@@H]32)CC1. The molecular formula is C34H41ClN6O4S. The summed E-state index contributed by atoms with van der Waals surface area (Å²) in [7, 11) is 0. The lowest BCUT2D eigenvalue weighted by Crippen LogP contribution is -2.44. The summed E-state index contributed by atoms with van der Waals surface area (Å²) in [5, 5.41) is 3.80. The molecule has 10 nitrogen and oxygen atoms in total. The fourth-order valence-electron chi connectivity index (χ4n) is 7.44. The number of nitrogens with zero attached hydrogens (tertiary/aromatic N) is 5. The number of nitrogens with two attached hydrogens (primary N) is 1. The first-order chi connectivity index (χ1) is 21.8. The quantitative estimate of drug-likeness (QED) is 0.224. The predicted molar refractivity (Wildman–Crippen MR) is 179 cm³/mol. The Bertz CT molecular complexity index is 1740. The van der Waals surface area contributed by atoms with Gasteiger partial charge in [0.1, 0.15) is 28.2 Å². The summed E-state index contributed by atoms with van der Waals surface area (Å²) in [5.41, 5.74) is 9.78. The van der Waals surface area contributed by atoms with Crippen LogP contribution in [0.1, 0.15) is 71.2 Å². The lowest BCUT2D eigenvalue weighted by atomic mass is 9.82. The monoisotopic (exact) mass is 664 g/mol. The van der Waals surface area contributed by atoms with Gasteiger partial charge in [-0.05, 0) is 82.9 Å². The smallest absolute Gasteiger partial charge is 0.410 e. The highest BCUT2D eigenvalue weighted by atomic mass is 35.5. The van der Waals surface area contributed by atoms with Crippen molar-refractivity contribution in [2.45, 2.75) is 89.9 Å². The van der Waals surface area contributed by atoms with Crippen LogP contribution < -0.4 is 5.73 Å². The van der Waals surface area contributed by atoms with Crippen LogP contribution in [0, 0.1) is 11.8 Å². The maximum absolute atomic E-state index is 12.8. The van der Waals surface area contributed by atoms with Gasteiger partial charge in [0.2, 0.25) is 5.28 Å². The van der Waals surface area contributed by atoms with E-state index in [1.54, 1.807) is 11.3 Å². The number of piperidine rings is 1. The van der Waals surface area contributed by atoms with E-state index in [2.05, 4.69) is 33.3 Å². The van der Waals surface area contributed by atoms with E-state index in [1.165, 1.54) is 5.56 Å². The second-order valence-electron chi connectivity index (χ2n) is 14.2. The number of aromatic nitrogens is 4. The second-order valence-corrected chi connectivity index (χ2v) is 15.4. The molecule has 2 N–H and O–H groups in total. The number of hydrogen-bond acceptors (Lipinski definition) is 9. The number of nitrogen functional groups attached to an aromatic ring is 1. The van der Waals surface area contributed by atoms with Crippen LogP contribution in [0.15, 0.2) is 41.9 Å². The summed E-state index contributed by atoms with van der Waals surface area (Å²) in [4.78, 5) is 28.6. The van der Waals surface area contributed by atoms with Crippen LogP contribution in [-0.4, -0.2) is 67.2 Å². The maximum atomic E-state index is 12.8. The van der Waals surface area contributed by atoms with E-state index < -0.39 is 11.4 Å². The normalized spacial score (nSPS) is 24.9. The van der Waals surface area contributed by atoms with Gasteiger partial charge in [0, 0.05) is 36.7 Å². The van der Waals surface area contributed by atoms with Crippen LogP contribution >= 0.6 is 22.9 Å². The summed E-state index contributed by atoms with van der Waals surface area (Å²) < 4.78 is 21.0. The van der Waals surface area contributed by atoms with Crippen LogP contribution in [0.2, 0.25) is 5.28 Å². The molecule has 0 spiro atoms. The predicted octanol–water partition coefficient (Wildman–Crippen LogP) is 7.11. The molecule has 3 aliphatic rings. The van der Waals surface area contributed by atoms with Gasteiger partial charge in [-0.15, -0.1) is 11.3 Å². The minimum Gasteiger partial charge on any atom is -0.444 e. The van der Waals surface area contributed by atoms with Crippen molar-refractivity contribution in [1.29, 1.82) is 0 Å². The number of rotatable bonds is 5. The van der Waals surface area contributed by atoms with Crippen LogP contribution in [0.4, 0.5) is 10.6 Å². The zero-order chi connectivity index (χ0) is 32.4. The van der Waals surface area contributed by atoms with Gasteiger partial charge in [0.05, 0.1) is 23.2 Å². The Labute approximate surface area is 278 Å². The molecule has 7 rings (SSSR count). The molecule has 0 bridgehead atoms. The number of likely N-dealkylation sites (tertiary alicyclic amines) is 1. The van der Waals surface area contributed by atoms with E-state index in [9.17, 15) is 4.79 Å². The third kappa shape index (κ3) is 6.10. The highest BCUT2D eigenvalue weighted by molar-refractivity contribution is 7.13. The van der Waals surface area contributed by atoms with E-state index in [0.717, 1.165) is 47.3 Å². The first kappa shape index (κ1) is 31.4. The van der Waals surface area contributed by atoms with Crippen molar-refractivity contribution in [3.8, 4) is 10.6 Å². The molecule has 0 unspecified atom stereocenters. The molecule has 0 radical (unpaired) electrons. The average Bonchev–Trinajstić information content (AvgIpc) is 3.74. The zero-order valence-corrected chi connectivity index (χ0v) is 28.5. The third-order valence-corrected chi connectivity index (χ3v) is 10.4. The van der Waals surface area contributed by atoms with Crippen molar-refractivity contribution >= 4 is 45.9 Å². The Morgan fingerprint density at radius 1 is 1.11 bits per heavy atom. The molecule has 4 aromatic rings. The van der Waals surface area contributed by atoms with Gasteiger partial charge < -0.3 is 29.4 Å². The fraction of sp³-hybridized carbons (Fsp3) is 0.529. The number of fused-ring (bicyclic) bond motifs is 2. The van der Waals surface area contributed by atoms with Gasteiger partial charge in [-0.2, -0.15) is 4.98 Å². The van der Waals surface area contributed by atoms with Gasteiger partial charge >= 0.3 is 6.09 Å². The van der Waals surface area contributed by atoms with E-state index in [4.69, 9.17) is 41.5 Å². The van der Waals surface area contributed by atoms with Gasteiger partial charge in [-0.25, -0.2) is 14.8 Å². The Balaban J connectivity index is 1.19. The number of anilines is 1. The molecule has 5 heterocycles. The van der Waals surface area contributed by atoms with Crippen LogP contribution in [0.3, 0.4) is 0 Å². The van der Waals surface area contributed by atoms with Gasteiger partial charge in [-0.3, -0.25) is 0 Å². The molecule has 4 atom stereocenters. The molecule has 244 valence electrons.